The van der Waals surface area contributed by atoms with Crippen molar-refractivity contribution in [2.24, 2.45) is 5.73 Å². The molecule has 3 nitrogen and oxygen atoms in total. The lowest BCUT2D eigenvalue weighted by Crippen LogP contribution is -2.14. The van der Waals surface area contributed by atoms with Crippen LogP contribution in [0.15, 0.2) is 36.4 Å². The molecule has 0 spiro atoms. The molecule has 1 aromatic heterocycles. The maximum atomic E-state index is 6.02. The summed E-state index contributed by atoms with van der Waals surface area (Å²) in [4.78, 5) is 0. The van der Waals surface area contributed by atoms with E-state index in [-0.39, 0.29) is 11.5 Å². The highest BCUT2D eigenvalue weighted by atomic mass is 15.3. The number of allylic oxidation sites excluding steroid dienone is 1. The van der Waals surface area contributed by atoms with Gasteiger partial charge in [0.1, 0.15) is 0 Å². The molecule has 0 amide bonds. The monoisotopic (exact) mass is 309 g/mol. The molecule has 3 heteroatoms. The largest absolute Gasteiger partial charge is 0.324 e. The van der Waals surface area contributed by atoms with E-state index in [2.05, 4.69) is 75.7 Å². The molecule has 0 bridgehead atoms. The van der Waals surface area contributed by atoms with Crippen LogP contribution in [0.4, 0.5) is 0 Å². The molecule has 1 aromatic carbocycles. The van der Waals surface area contributed by atoms with Crippen LogP contribution in [0.5, 0.6) is 0 Å². The molecule has 0 saturated heterocycles. The van der Waals surface area contributed by atoms with Gasteiger partial charge >= 0.3 is 0 Å². The minimum atomic E-state index is 0.170. The highest BCUT2D eigenvalue weighted by Gasteiger charge is 2.24. The van der Waals surface area contributed by atoms with Crippen LogP contribution in [-0.4, -0.2) is 15.8 Å². The first-order valence-electron chi connectivity index (χ1n) is 8.38. The summed E-state index contributed by atoms with van der Waals surface area (Å²) in [6.45, 7) is 11.0. The lowest BCUT2D eigenvalue weighted by atomic mass is 9.87. The van der Waals surface area contributed by atoms with Crippen molar-refractivity contribution in [3.63, 3.8) is 0 Å². The lowest BCUT2D eigenvalue weighted by molar-refractivity contribution is 0.590. The molecule has 3 rings (SSSR count). The molecule has 2 N–H and O–H groups in total. The van der Waals surface area contributed by atoms with Crippen molar-refractivity contribution >= 4 is 0 Å². The standard InChI is InChI=1S/C20H27N3/c1-13-19(15-6-9-17(21)12-15)14(2)23(22-13)18-10-7-16(8-11-18)20(3,4)5/h6-11,15,17H,12,21H2,1-5H3. The van der Waals surface area contributed by atoms with Gasteiger partial charge in [-0.15, -0.1) is 0 Å². The lowest BCUT2D eigenvalue weighted by Gasteiger charge is -2.19. The Labute approximate surface area is 139 Å². The normalized spacial score (nSPS) is 21.1. The molecule has 122 valence electrons. The van der Waals surface area contributed by atoms with E-state index in [1.165, 1.54) is 16.8 Å². The second-order valence-corrected chi connectivity index (χ2v) is 7.68. The summed E-state index contributed by atoms with van der Waals surface area (Å²) in [6, 6.07) is 8.92. The summed E-state index contributed by atoms with van der Waals surface area (Å²) in [5.41, 5.74) is 12.3. The first-order valence-corrected chi connectivity index (χ1v) is 8.38. The zero-order valence-corrected chi connectivity index (χ0v) is 14.8. The van der Waals surface area contributed by atoms with Gasteiger partial charge in [-0.25, -0.2) is 4.68 Å². The summed E-state index contributed by atoms with van der Waals surface area (Å²) in [5.74, 6) is 0.396. The van der Waals surface area contributed by atoms with Crippen LogP contribution in [-0.2, 0) is 5.41 Å². The summed E-state index contributed by atoms with van der Waals surface area (Å²) in [5, 5.41) is 4.78. The van der Waals surface area contributed by atoms with Crippen LogP contribution in [0, 0.1) is 13.8 Å². The highest BCUT2D eigenvalue weighted by Crippen LogP contribution is 2.33. The molecule has 2 aromatic rings. The molecule has 0 saturated carbocycles. The third-order valence-corrected chi connectivity index (χ3v) is 4.81. The predicted molar refractivity (Wildman–Crippen MR) is 96.2 cm³/mol. The molecule has 0 aliphatic heterocycles. The van der Waals surface area contributed by atoms with Gasteiger partial charge in [0.05, 0.1) is 11.4 Å². The number of nitrogens with two attached hydrogens (primary N) is 1. The average Bonchev–Trinajstić information content (AvgIpc) is 3.02. The van der Waals surface area contributed by atoms with Crippen LogP contribution in [0.3, 0.4) is 0 Å². The van der Waals surface area contributed by atoms with Gasteiger partial charge in [-0.1, -0.05) is 45.1 Å². The van der Waals surface area contributed by atoms with Crippen molar-refractivity contribution in [3.05, 3.63) is 58.9 Å². The number of benzene rings is 1. The van der Waals surface area contributed by atoms with Crippen LogP contribution in [0.2, 0.25) is 0 Å². The van der Waals surface area contributed by atoms with E-state index in [0.717, 1.165) is 17.8 Å². The molecule has 1 aliphatic carbocycles. The van der Waals surface area contributed by atoms with Gasteiger partial charge in [0.15, 0.2) is 0 Å². The fourth-order valence-electron chi connectivity index (χ4n) is 3.49. The van der Waals surface area contributed by atoms with Gasteiger partial charge in [0.25, 0.3) is 0 Å². The Morgan fingerprint density at radius 3 is 2.26 bits per heavy atom. The number of hydrogen-bond acceptors (Lipinski definition) is 2. The quantitative estimate of drug-likeness (QED) is 0.847. The maximum absolute atomic E-state index is 6.02. The Bertz CT molecular complexity index is 729. The second-order valence-electron chi connectivity index (χ2n) is 7.68. The zero-order valence-electron chi connectivity index (χ0n) is 14.8. The summed E-state index contributed by atoms with van der Waals surface area (Å²) >= 11 is 0. The minimum Gasteiger partial charge on any atom is -0.324 e. The van der Waals surface area contributed by atoms with Crippen molar-refractivity contribution in [2.75, 3.05) is 0 Å². The minimum absolute atomic E-state index is 0.170. The number of aromatic nitrogens is 2. The molecule has 2 atom stereocenters. The summed E-state index contributed by atoms with van der Waals surface area (Å²) in [7, 11) is 0. The Hall–Kier alpha value is -1.87. The highest BCUT2D eigenvalue weighted by molar-refractivity contribution is 5.42. The van der Waals surface area contributed by atoms with Crippen molar-refractivity contribution in [1.29, 1.82) is 0 Å². The van der Waals surface area contributed by atoms with Gasteiger partial charge < -0.3 is 5.73 Å². The topological polar surface area (TPSA) is 43.8 Å². The molecule has 23 heavy (non-hydrogen) atoms. The van der Waals surface area contributed by atoms with E-state index in [9.17, 15) is 0 Å². The smallest absolute Gasteiger partial charge is 0.0649 e. The van der Waals surface area contributed by atoms with E-state index >= 15 is 0 Å². The Kier molecular flexibility index (Phi) is 3.93. The SMILES string of the molecule is Cc1nn(-c2ccc(C(C)(C)C)cc2)c(C)c1C1C=CC(N)C1. The van der Waals surface area contributed by atoms with Gasteiger partial charge in [0.2, 0.25) is 0 Å². The van der Waals surface area contributed by atoms with Crippen LogP contribution >= 0.6 is 0 Å². The van der Waals surface area contributed by atoms with Crippen molar-refractivity contribution in [1.82, 2.24) is 9.78 Å². The molecular weight excluding hydrogens is 282 g/mol. The van der Waals surface area contributed by atoms with Crippen molar-refractivity contribution in [3.8, 4) is 5.69 Å². The van der Waals surface area contributed by atoms with Gasteiger partial charge in [-0.3, -0.25) is 0 Å². The van der Waals surface area contributed by atoms with Crippen LogP contribution in [0.25, 0.3) is 5.69 Å². The summed E-state index contributed by atoms with van der Waals surface area (Å²) < 4.78 is 2.06. The molecule has 1 heterocycles. The number of rotatable bonds is 2. The van der Waals surface area contributed by atoms with E-state index in [0.29, 0.717) is 5.92 Å². The molecular formula is C20H27N3. The fourth-order valence-corrected chi connectivity index (χ4v) is 3.49. The van der Waals surface area contributed by atoms with Gasteiger partial charge in [-0.05, 0) is 43.4 Å². The number of aryl methyl sites for hydroxylation is 1. The van der Waals surface area contributed by atoms with Crippen LogP contribution in [0.1, 0.15) is 55.6 Å². The van der Waals surface area contributed by atoms with Gasteiger partial charge in [0, 0.05) is 23.2 Å². The maximum Gasteiger partial charge on any atom is 0.0649 e. The Morgan fingerprint density at radius 1 is 1.09 bits per heavy atom. The molecule has 0 fully saturated rings. The first kappa shape index (κ1) is 16.0. The van der Waals surface area contributed by atoms with E-state index < -0.39 is 0 Å². The van der Waals surface area contributed by atoms with Crippen molar-refractivity contribution in [2.45, 2.75) is 58.4 Å². The number of nitrogens with zero attached hydrogens (tertiary/aromatic N) is 2. The first-order chi connectivity index (χ1) is 10.8. The van der Waals surface area contributed by atoms with Gasteiger partial charge in [-0.2, -0.15) is 5.10 Å². The predicted octanol–water partition coefficient (Wildman–Crippen LogP) is 4.16. The third-order valence-electron chi connectivity index (χ3n) is 4.81. The third kappa shape index (κ3) is 2.98. The van der Waals surface area contributed by atoms with E-state index in [4.69, 9.17) is 10.8 Å². The Balaban J connectivity index is 1.97. The second kappa shape index (κ2) is 5.64. The molecule has 1 aliphatic rings. The van der Waals surface area contributed by atoms with E-state index in [1.54, 1.807) is 0 Å². The van der Waals surface area contributed by atoms with Crippen LogP contribution < -0.4 is 5.73 Å². The Morgan fingerprint density at radius 2 is 1.74 bits per heavy atom. The number of hydrogen-bond donors (Lipinski definition) is 1. The fraction of sp³-hybridized carbons (Fsp3) is 0.450. The molecule has 2 unspecified atom stereocenters. The zero-order chi connectivity index (χ0) is 16.8. The summed E-state index contributed by atoms with van der Waals surface area (Å²) in [6.07, 6.45) is 5.32. The average molecular weight is 309 g/mol. The molecule has 0 radical (unpaired) electrons. The van der Waals surface area contributed by atoms with E-state index in [1.807, 2.05) is 0 Å². The van der Waals surface area contributed by atoms with Crippen molar-refractivity contribution < 1.29 is 0 Å².